The summed E-state index contributed by atoms with van der Waals surface area (Å²) in [4.78, 5) is 9.81. The van der Waals surface area contributed by atoms with Crippen molar-refractivity contribution in [3.05, 3.63) is 0 Å². The molecule has 0 aromatic heterocycles. The van der Waals surface area contributed by atoms with Crippen LogP contribution in [0.25, 0.3) is 0 Å². The highest BCUT2D eigenvalue weighted by molar-refractivity contribution is 5.55. The summed E-state index contributed by atoms with van der Waals surface area (Å²) in [6.45, 7) is 2.16. The highest BCUT2D eigenvalue weighted by Crippen LogP contribution is 2.30. The van der Waals surface area contributed by atoms with Gasteiger partial charge >= 0.3 is 0 Å². The van der Waals surface area contributed by atoms with Gasteiger partial charge in [0.05, 0.1) is 0 Å². The number of carbonyl (C=O) groups excluding carboxylic acids is 1. The van der Waals surface area contributed by atoms with Crippen LogP contribution in [-0.4, -0.2) is 6.29 Å². The molecule has 0 N–H and O–H groups in total. The molecule has 0 heterocycles. The smallest absolute Gasteiger partial charge is 0.201 e. The topological polar surface area (TPSA) is 17.1 Å². The standard InChI is InChI=1S/C6H9O/c1-5-2-6(3-5)4-7/h5-6H,2-3H2,1H3. The second-order valence-electron chi connectivity index (χ2n) is 2.39. The van der Waals surface area contributed by atoms with Crippen LogP contribution < -0.4 is 0 Å². The molecule has 7 heavy (non-hydrogen) atoms. The molecule has 39 valence electrons. The van der Waals surface area contributed by atoms with Crippen LogP contribution in [0.4, 0.5) is 0 Å². The van der Waals surface area contributed by atoms with Gasteiger partial charge in [-0.25, -0.2) is 0 Å². The SMILES string of the molecule is CC1CC([C]=O)C1. The van der Waals surface area contributed by atoms with Gasteiger partial charge in [0.25, 0.3) is 0 Å². The molecular formula is C6H9O. The van der Waals surface area contributed by atoms with Gasteiger partial charge in [0.15, 0.2) is 0 Å². The van der Waals surface area contributed by atoms with E-state index in [-0.39, 0.29) is 5.92 Å². The summed E-state index contributed by atoms with van der Waals surface area (Å²) in [6.07, 6.45) is 4.13. The van der Waals surface area contributed by atoms with E-state index in [1.165, 1.54) is 0 Å². The van der Waals surface area contributed by atoms with Crippen molar-refractivity contribution in [1.29, 1.82) is 0 Å². The van der Waals surface area contributed by atoms with Crippen molar-refractivity contribution < 1.29 is 4.79 Å². The first kappa shape index (κ1) is 4.82. The number of hydrogen-bond donors (Lipinski definition) is 0. The lowest BCUT2D eigenvalue weighted by Gasteiger charge is -2.26. The minimum absolute atomic E-state index is 0.287. The zero-order valence-electron chi connectivity index (χ0n) is 4.48. The van der Waals surface area contributed by atoms with E-state index < -0.39 is 0 Å². The van der Waals surface area contributed by atoms with Crippen LogP contribution >= 0.6 is 0 Å². The molecule has 0 aromatic rings. The maximum absolute atomic E-state index is 9.81. The van der Waals surface area contributed by atoms with Crippen LogP contribution in [0.2, 0.25) is 0 Å². The van der Waals surface area contributed by atoms with E-state index in [0.717, 1.165) is 18.8 Å². The molecule has 0 bridgehead atoms. The molecule has 0 saturated heterocycles. The Morgan fingerprint density at radius 1 is 1.57 bits per heavy atom. The van der Waals surface area contributed by atoms with Crippen LogP contribution in [0.1, 0.15) is 19.8 Å². The van der Waals surface area contributed by atoms with Crippen molar-refractivity contribution in [2.45, 2.75) is 19.8 Å². The summed E-state index contributed by atoms with van der Waals surface area (Å²) in [5.74, 6) is 1.07. The van der Waals surface area contributed by atoms with E-state index in [1.54, 1.807) is 0 Å². The fraction of sp³-hybridized carbons (Fsp3) is 0.833. The molecule has 1 heteroatoms. The van der Waals surface area contributed by atoms with E-state index in [1.807, 2.05) is 6.29 Å². The van der Waals surface area contributed by atoms with Crippen LogP contribution in [0.15, 0.2) is 0 Å². The van der Waals surface area contributed by atoms with Gasteiger partial charge in [0, 0.05) is 5.92 Å². The van der Waals surface area contributed by atoms with E-state index in [4.69, 9.17) is 0 Å². The van der Waals surface area contributed by atoms with Gasteiger partial charge in [0.1, 0.15) is 0 Å². The largest absolute Gasteiger partial charge is 0.291 e. The Labute approximate surface area is 43.7 Å². The predicted molar refractivity (Wildman–Crippen MR) is 27.6 cm³/mol. The molecular weight excluding hydrogens is 88.1 g/mol. The van der Waals surface area contributed by atoms with Gasteiger partial charge in [-0.2, -0.15) is 0 Å². The monoisotopic (exact) mass is 97.1 g/mol. The number of hydrogen-bond acceptors (Lipinski definition) is 1. The van der Waals surface area contributed by atoms with E-state index in [2.05, 4.69) is 6.92 Å². The molecule has 1 rings (SSSR count). The Kier molecular flexibility index (Phi) is 1.13. The minimum Gasteiger partial charge on any atom is -0.291 e. The average Bonchev–Trinajstić information content (AvgIpc) is 1.58. The van der Waals surface area contributed by atoms with Crippen LogP contribution in [-0.2, 0) is 4.79 Å². The lowest BCUT2D eigenvalue weighted by Crippen LogP contribution is -2.21. The molecule has 0 aromatic carbocycles. The predicted octanol–water partition coefficient (Wildman–Crippen LogP) is 1.14. The summed E-state index contributed by atoms with van der Waals surface area (Å²) in [5, 5.41) is 0. The molecule has 0 spiro atoms. The molecule has 0 atom stereocenters. The Hall–Kier alpha value is -0.330. The first-order chi connectivity index (χ1) is 3.33. The highest BCUT2D eigenvalue weighted by Gasteiger charge is 2.24. The molecule has 0 amide bonds. The molecule has 1 radical (unpaired) electrons. The van der Waals surface area contributed by atoms with Gasteiger partial charge in [-0.15, -0.1) is 0 Å². The van der Waals surface area contributed by atoms with E-state index >= 15 is 0 Å². The molecule has 0 unspecified atom stereocenters. The van der Waals surface area contributed by atoms with Crippen molar-refractivity contribution in [2.24, 2.45) is 11.8 Å². The third kappa shape index (κ3) is 0.817. The maximum atomic E-state index is 9.81. The molecule has 1 aliphatic carbocycles. The lowest BCUT2D eigenvalue weighted by atomic mass is 9.77. The minimum atomic E-state index is 0.287. The van der Waals surface area contributed by atoms with Gasteiger partial charge in [0.2, 0.25) is 6.29 Å². The summed E-state index contributed by atoms with van der Waals surface area (Å²) in [6, 6.07) is 0. The van der Waals surface area contributed by atoms with Crippen molar-refractivity contribution >= 4 is 6.29 Å². The summed E-state index contributed by atoms with van der Waals surface area (Å²) >= 11 is 0. The second kappa shape index (κ2) is 1.65. The summed E-state index contributed by atoms with van der Waals surface area (Å²) in [7, 11) is 0. The first-order valence-corrected chi connectivity index (χ1v) is 2.70. The summed E-state index contributed by atoms with van der Waals surface area (Å²) in [5.41, 5.74) is 0. The van der Waals surface area contributed by atoms with Gasteiger partial charge in [-0.1, -0.05) is 6.92 Å². The second-order valence-corrected chi connectivity index (χ2v) is 2.39. The van der Waals surface area contributed by atoms with Gasteiger partial charge < -0.3 is 0 Å². The third-order valence-electron chi connectivity index (χ3n) is 1.54. The molecule has 1 aliphatic rings. The van der Waals surface area contributed by atoms with E-state index in [9.17, 15) is 4.79 Å². The summed E-state index contributed by atoms with van der Waals surface area (Å²) < 4.78 is 0. The van der Waals surface area contributed by atoms with Crippen molar-refractivity contribution in [3.63, 3.8) is 0 Å². The van der Waals surface area contributed by atoms with Crippen LogP contribution in [0, 0.1) is 11.8 Å². The maximum Gasteiger partial charge on any atom is 0.201 e. The Bertz CT molecular complexity index is 72.2. The van der Waals surface area contributed by atoms with Crippen molar-refractivity contribution in [1.82, 2.24) is 0 Å². The molecule has 1 saturated carbocycles. The molecule has 0 aliphatic heterocycles. The van der Waals surface area contributed by atoms with Gasteiger partial charge in [-0.05, 0) is 18.8 Å². The van der Waals surface area contributed by atoms with Crippen molar-refractivity contribution in [2.75, 3.05) is 0 Å². The first-order valence-electron chi connectivity index (χ1n) is 2.70. The highest BCUT2D eigenvalue weighted by atomic mass is 16.1. The average molecular weight is 97.1 g/mol. The fourth-order valence-corrected chi connectivity index (χ4v) is 0.999. The Balaban J connectivity index is 2.17. The lowest BCUT2D eigenvalue weighted by molar-refractivity contribution is 0.272. The third-order valence-corrected chi connectivity index (χ3v) is 1.54. The Morgan fingerprint density at radius 3 is 2.29 bits per heavy atom. The molecule has 1 fully saturated rings. The van der Waals surface area contributed by atoms with Crippen molar-refractivity contribution in [3.8, 4) is 0 Å². The normalized spacial score (nSPS) is 39.6. The molecule has 1 nitrogen and oxygen atoms in total. The zero-order chi connectivity index (χ0) is 5.28. The zero-order valence-corrected chi connectivity index (χ0v) is 4.48. The van der Waals surface area contributed by atoms with Gasteiger partial charge in [-0.3, -0.25) is 4.79 Å². The van der Waals surface area contributed by atoms with Crippen LogP contribution in [0.5, 0.6) is 0 Å². The van der Waals surface area contributed by atoms with E-state index in [0.29, 0.717) is 0 Å². The fourth-order valence-electron chi connectivity index (χ4n) is 0.999. The quantitative estimate of drug-likeness (QED) is 0.479. The Morgan fingerprint density at radius 2 is 2.14 bits per heavy atom. The number of rotatable bonds is 1. The van der Waals surface area contributed by atoms with Crippen LogP contribution in [0.3, 0.4) is 0 Å².